The van der Waals surface area contributed by atoms with E-state index in [1.54, 1.807) is 6.08 Å². The molecule has 1 aliphatic rings. The lowest BCUT2D eigenvalue weighted by atomic mass is 9.99. The molecule has 0 saturated heterocycles. The van der Waals surface area contributed by atoms with Gasteiger partial charge in [0.15, 0.2) is 4.33 Å². The summed E-state index contributed by atoms with van der Waals surface area (Å²) in [7, 11) is 0. The fraction of sp³-hybridized carbons (Fsp3) is 0.167. The molecule has 4 heteroatoms. The fourth-order valence-electron chi connectivity index (χ4n) is 1.54. The normalized spacial score (nSPS) is 19.6. The molecule has 2 rings (SSSR count). The standard InChI is InChI=1S/C12H8Cl4/c13-10-7-12(15,16)11(14)6-9(10)8-4-2-1-3-5-8/h1-6H,7H2. The van der Waals surface area contributed by atoms with Crippen LogP contribution >= 0.6 is 46.4 Å². The minimum absolute atomic E-state index is 0.331. The molecule has 0 heterocycles. The van der Waals surface area contributed by atoms with Crippen molar-refractivity contribution in [3.05, 3.63) is 52.0 Å². The van der Waals surface area contributed by atoms with Crippen LogP contribution in [0.5, 0.6) is 0 Å². The third kappa shape index (κ3) is 2.41. The predicted molar refractivity (Wildman–Crippen MR) is 72.2 cm³/mol. The van der Waals surface area contributed by atoms with Crippen molar-refractivity contribution in [2.75, 3.05) is 0 Å². The summed E-state index contributed by atoms with van der Waals surface area (Å²) in [5.41, 5.74) is 1.89. The van der Waals surface area contributed by atoms with Crippen LogP contribution in [-0.4, -0.2) is 4.33 Å². The molecule has 0 aromatic heterocycles. The van der Waals surface area contributed by atoms with Crippen LogP contribution in [0.2, 0.25) is 0 Å². The Kier molecular flexibility index (Phi) is 3.56. The zero-order valence-electron chi connectivity index (χ0n) is 8.18. The number of allylic oxidation sites excluding steroid dienone is 4. The van der Waals surface area contributed by atoms with Crippen molar-refractivity contribution >= 4 is 52.0 Å². The van der Waals surface area contributed by atoms with E-state index >= 15 is 0 Å². The largest absolute Gasteiger partial charge is 0.158 e. The molecule has 1 aromatic rings. The van der Waals surface area contributed by atoms with Crippen LogP contribution < -0.4 is 0 Å². The Morgan fingerprint density at radius 2 is 1.62 bits per heavy atom. The van der Waals surface area contributed by atoms with E-state index in [0.717, 1.165) is 11.1 Å². The topological polar surface area (TPSA) is 0 Å². The summed E-state index contributed by atoms with van der Waals surface area (Å²) in [4.78, 5) is 0. The summed E-state index contributed by atoms with van der Waals surface area (Å²) in [6.07, 6.45) is 2.06. The monoisotopic (exact) mass is 292 g/mol. The zero-order valence-corrected chi connectivity index (χ0v) is 11.2. The van der Waals surface area contributed by atoms with Crippen LogP contribution in [0.15, 0.2) is 46.5 Å². The molecule has 0 aliphatic heterocycles. The van der Waals surface area contributed by atoms with Gasteiger partial charge in [0.25, 0.3) is 0 Å². The first-order valence-corrected chi connectivity index (χ1v) is 6.21. The van der Waals surface area contributed by atoms with Gasteiger partial charge in [-0.2, -0.15) is 0 Å². The molecule has 0 fully saturated rings. The van der Waals surface area contributed by atoms with E-state index in [4.69, 9.17) is 46.4 Å². The lowest BCUT2D eigenvalue weighted by molar-refractivity contribution is 0.932. The molecule has 0 unspecified atom stereocenters. The molecule has 0 saturated carbocycles. The maximum absolute atomic E-state index is 6.17. The van der Waals surface area contributed by atoms with E-state index in [1.165, 1.54) is 0 Å². The van der Waals surface area contributed by atoms with E-state index in [-0.39, 0.29) is 0 Å². The summed E-state index contributed by atoms with van der Waals surface area (Å²) in [5.74, 6) is 0. The van der Waals surface area contributed by atoms with Gasteiger partial charge in [-0.05, 0) is 17.2 Å². The summed E-state index contributed by atoms with van der Waals surface area (Å²) in [6, 6.07) is 9.76. The van der Waals surface area contributed by atoms with Gasteiger partial charge in [0.05, 0.1) is 5.03 Å². The quantitative estimate of drug-likeness (QED) is 0.613. The second-order valence-electron chi connectivity index (χ2n) is 3.56. The Morgan fingerprint density at radius 3 is 2.25 bits per heavy atom. The molecule has 0 amide bonds. The van der Waals surface area contributed by atoms with Crippen LogP contribution in [0.25, 0.3) is 5.57 Å². The molecular formula is C12H8Cl4. The van der Waals surface area contributed by atoms with Crippen molar-refractivity contribution in [3.8, 4) is 0 Å². The average Bonchev–Trinajstić information content (AvgIpc) is 2.24. The van der Waals surface area contributed by atoms with Gasteiger partial charge in [0.2, 0.25) is 0 Å². The van der Waals surface area contributed by atoms with E-state index < -0.39 is 4.33 Å². The third-order valence-electron chi connectivity index (χ3n) is 2.37. The van der Waals surface area contributed by atoms with Crippen LogP contribution in [0.1, 0.15) is 12.0 Å². The number of alkyl halides is 2. The summed E-state index contributed by atoms with van der Waals surface area (Å²) in [6.45, 7) is 0. The molecule has 1 aromatic carbocycles. The Hall–Kier alpha value is -0.140. The predicted octanol–water partition coefficient (Wildman–Crippen LogP) is 5.34. The van der Waals surface area contributed by atoms with Crippen molar-refractivity contribution in [2.45, 2.75) is 10.8 Å². The first-order chi connectivity index (χ1) is 7.50. The first-order valence-electron chi connectivity index (χ1n) is 4.70. The molecule has 16 heavy (non-hydrogen) atoms. The van der Waals surface area contributed by atoms with Crippen molar-refractivity contribution in [2.24, 2.45) is 0 Å². The maximum atomic E-state index is 6.17. The van der Waals surface area contributed by atoms with Crippen LogP contribution in [-0.2, 0) is 0 Å². The van der Waals surface area contributed by atoms with Crippen molar-refractivity contribution in [1.82, 2.24) is 0 Å². The van der Waals surface area contributed by atoms with Gasteiger partial charge in [-0.15, -0.1) is 0 Å². The Labute approximate surface area is 114 Å². The van der Waals surface area contributed by atoms with E-state index in [1.807, 2.05) is 30.3 Å². The third-order valence-corrected chi connectivity index (χ3v) is 4.01. The van der Waals surface area contributed by atoms with E-state index in [0.29, 0.717) is 16.5 Å². The molecule has 0 radical (unpaired) electrons. The number of halogens is 4. The van der Waals surface area contributed by atoms with Gasteiger partial charge in [0, 0.05) is 11.5 Å². The summed E-state index contributed by atoms with van der Waals surface area (Å²) in [5, 5.41) is 1.03. The molecule has 1 aliphatic carbocycles. The fourth-order valence-corrected chi connectivity index (χ4v) is 2.60. The Morgan fingerprint density at radius 1 is 1.00 bits per heavy atom. The minimum Gasteiger partial charge on any atom is -0.0949 e. The SMILES string of the molecule is ClC1=CC(c2ccccc2)=C(Cl)CC1(Cl)Cl. The van der Waals surface area contributed by atoms with Crippen LogP contribution in [0.4, 0.5) is 0 Å². The smallest absolute Gasteiger partial charge is 0.0949 e. The van der Waals surface area contributed by atoms with Gasteiger partial charge < -0.3 is 0 Å². The lowest BCUT2D eigenvalue weighted by Gasteiger charge is -2.24. The second kappa shape index (κ2) is 4.62. The number of benzene rings is 1. The molecular weight excluding hydrogens is 286 g/mol. The van der Waals surface area contributed by atoms with E-state index in [9.17, 15) is 0 Å². The van der Waals surface area contributed by atoms with Crippen molar-refractivity contribution < 1.29 is 0 Å². The molecule has 0 atom stereocenters. The lowest BCUT2D eigenvalue weighted by Crippen LogP contribution is -2.17. The Balaban J connectivity index is 2.45. The number of hydrogen-bond acceptors (Lipinski definition) is 0. The van der Waals surface area contributed by atoms with Gasteiger partial charge in [-0.1, -0.05) is 76.7 Å². The zero-order chi connectivity index (χ0) is 11.8. The van der Waals surface area contributed by atoms with Crippen LogP contribution in [0.3, 0.4) is 0 Å². The summed E-state index contributed by atoms with van der Waals surface area (Å²) >= 11 is 24.2. The summed E-state index contributed by atoms with van der Waals surface area (Å²) < 4.78 is -1.10. The first kappa shape index (κ1) is 12.3. The van der Waals surface area contributed by atoms with Gasteiger partial charge in [-0.25, -0.2) is 0 Å². The molecule has 84 valence electrons. The van der Waals surface area contributed by atoms with E-state index in [2.05, 4.69) is 0 Å². The highest BCUT2D eigenvalue weighted by atomic mass is 35.5. The number of rotatable bonds is 1. The average molecular weight is 294 g/mol. The van der Waals surface area contributed by atoms with Crippen molar-refractivity contribution in [3.63, 3.8) is 0 Å². The van der Waals surface area contributed by atoms with Crippen LogP contribution in [0, 0.1) is 0 Å². The maximum Gasteiger partial charge on any atom is 0.158 e. The number of hydrogen-bond donors (Lipinski definition) is 0. The molecule has 0 bridgehead atoms. The molecule has 0 spiro atoms. The highest BCUT2D eigenvalue weighted by Gasteiger charge is 2.33. The highest BCUT2D eigenvalue weighted by molar-refractivity contribution is 6.57. The minimum atomic E-state index is -1.10. The second-order valence-corrected chi connectivity index (χ2v) is 5.91. The van der Waals surface area contributed by atoms with Crippen molar-refractivity contribution in [1.29, 1.82) is 0 Å². The Bertz CT molecular complexity index is 457. The molecule has 0 N–H and O–H groups in total. The molecule has 0 nitrogen and oxygen atoms in total. The van der Waals surface area contributed by atoms with Gasteiger partial charge in [0.1, 0.15) is 0 Å². The van der Waals surface area contributed by atoms with Gasteiger partial charge in [-0.3, -0.25) is 0 Å². The van der Waals surface area contributed by atoms with Gasteiger partial charge >= 0.3 is 0 Å². The highest BCUT2D eigenvalue weighted by Crippen LogP contribution is 2.46.